The number of hydrogen-bond acceptors (Lipinski definition) is 2. The van der Waals surface area contributed by atoms with Crippen molar-refractivity contribution in [2.45, 2.75) is 26.3 Å². The van der Waals surface area contributed by atoms with Gasteiger partial charge in [-0.15, -0.1) is 0 Å². The molecule has 7 heteroatoms. The van der Waals surface area contributed by atoms with Gasteiger partial charge in [-0.1, -0.05) is 29.3 Å². The first-order chi connectivity index (χ1) is 12.3. The number of nitrogens with zero attached hydrogens (tertiary/aromatic N) is 1. The van der Waals surface area contributed by atoms with Gasteiger partial charge in [0.15, 0.2) is 0 Å². The van der Waals surface area contributed by atoms with Gasteiger partial charge in [0.1, 0.15) is 0 Å². The molecule has 1 heterocycles. The second-order valence-corrected chi connectivity index (χ2v) is 7.22. The van der Waals surface area contributed by atoms with Gasteiger partial charge in [0, 0.05) is 24.3 Å². The molecule has 1 aliphatic heterocycles. The number of benzene rings is 2. The summed E-state index contributed by atoms with van der Waals surface area (Å²) in [5.41, 5.74) is 3.69. The average Bonchev–Trinajstić information content (AvgIpc) is 2.93. The summed E-state index contributed by atoms with van der Waals surface area (Å²) in [6.45, 7) is 4.48. The largest absolute Gasteiger partial charge is 0.333 e. The number of rotatable bonds is 3. The second kappa shape index (κ2) is 7.56. The lowest BCUT2D eigenvalue weighted by molar-refractivity contribution is -0.117. The molecule has 0 radical (unpaired) electrons. The van der Waals surface area contributed by atoms with Gasteiger partial charge in [-0.3, -0.25) is 4.79 Å². The van der Waals surface area contributed by atoms with Crippen molar-refractivity contribution in [3.63, 3.8) is 0 Å². The molecule has 1 fully saturated rings. The van der Waals surface area contributed by atoms with E-state index < -0.39 is 0 Å². The number of halogens is 2. The summed E-state index contributed by atoms with van der Waals surface area (Å²) in [6.07, 6.45) is 0.266. The van der Waals surface area contributed by atoms with E-state index >= 15 is 0 Å². The van der Waals surface area contributed by atoms with Crippen molar-refractivity contribution in [2.75, 3.05) is 16.8 Å². The molecule has 1 atom stereocenters. The molecule has 0 bridgehead atoms. The van der Waals surface area contributed by atoms with Gasteiger partial charge < -0.3 is 15.5 Å². The fourth-order valence-electron chi connectivity index (χ4n) is 2.87. The maximum absolute atomic E-state index is 12.3. The van der Waals surface area contributed by atoms with Gasteiger partial charge >= 0.3 is 6.03 Å². The van der Waals surface area contributed by atoms with E-state index in [4.69, 9.17) is 23.2 Å². The van der Waals surface area contributed by atoms with Gasteiger partial charge in [0.25, 0.3) is 0 Å². The van der Waals surface area contributed by atoms with E-state index in [1.165, 1.54) is 5.56 Å². The lowest BCUT2D eigenvalue weighted by Gasteiger charge is -2.18. The first-order valence-electron chi connectivity index (χ1n) is 8.23. The Labute approximate surface area is 162 Å². The molecule has 1 saturated heterocycles. The molecule has 2 N–H and O–H groups in total. The van der Waals surface area contributed by atoms with Crippen molar-refractivity contribution < 1.29 is 9.59 Å². The normalized spacial score (nSPS) is 16.7. The topological polar surface area (TPSA) is 61.4 Å². The van der Waals surface area contributed by atoms with Gasteiger partial charge in [-0.25, -0.2) is 4.79 Å². The van der Waals surface area contributed by atoms with Crippen LogP contribution in [0.1, 0.15) is 17.5 Å². The van der Waals surface area contributed by atoms with Crippen LogP contribution in [0.5, 0.6) is 0 Å². The molecule has 0 aromatic heterocycles. The van der Waals surface area contributed by atoms with Crippen LogP contribution in [-0.2, 0) is 4.79 Å². The average molecular weight is 392 g/mol. The predicted molar refractivity (Wildman–Crippen MR) is 105 cm³/mol. The quantitative estimate of drug-likeness (QED) is 0.806. The zero-order chi connectivity index (χ0) is 18.8. The smallest absolute Gasteiger partial charge is 0.319 e. The predicted octanol–water partition coefficient (Wildman–Crippen LogP) is 4.54. The molecular weight excluding hydrogens is 373 g/mol. The lowest BCUT2D eigenvalue weighted by atomic mass is 10.1. The number of nitrogens with one attached hydrogen (secondary N) is 2. The standard InChI is InChI=1S/C19H19Cl2N3O2/c1-11-3-5-15(7-12(11)2)24-10-14(9-18(24)25)23-19(26)22-13-4-6-16(20)17(21)8-13/h3-8,14H,9-10H2,1-2H3,(H2,22,23,26). The van der Waals surface area contributed by atoms with Crippen LogP contribution in [0.15, 0.2) is 36.4 Å². The highest BCUT2D eigenvalue weighted by Crippen LogP contribution is 2.26. The molecular formula is C19H19Cl2N3O2. The zero-order valence-electron chi connectivity index (χ0n) is 14.5. The fraction of sp³-hybridized carbons (Fsp3) is 0.263. The van der Waals surface area contributed by atoms with E-state index in [2.05, 4.69) is 10.6 Å². The van der Waals surface area contributed by atoms with Crippen molar-refractivity contribution in [1.29, 1.82) is 0 Å². The Morgan fingerprint density at radius 3 is 2.54 bits per heavy atom. The molecule has 0 saturated carbocycles. The molecule has 0 aliphatic carbocycles. The summed E-state index contributed by atoms with van der Waals surface area (Å²) in [5.74, 6) is -0.00640. The summed E-state index contributed by atoms with van der Waals surface area (Å²) in [6, 6.07) is 10.1. The summed E-state index contributed by atoms with van der Waals surface area (Å²) in [5, 5.41) is 6.31. The molecule has 3 rings (SSSR count). The van der Waals surface area contributed by atoms with E-state index in [1.54, 1.807) is 23.1 Å². The van der Waals surface area contributed by atoms with Gasteiger partial charge in [0.05, 0.1) is 16.1 Å². The summed E-state index contributed by atoms with van der Waals surface area (Å²) in [4.78, 5) is 26.2. The van der Waals surface area contributed by atoms with Crippen LogP contribution in [0, 0.1) is 13.8 Å². The van der Waals surface area contributed by atoms with Gasteiger partial charge in [-0.2, -0.15) is 0 Å². The Kier molecular flexibility index (Phi) is 5.39. The van der Waals surface area contributed by atoms with Crippen LogP contribution in [0.3, 0.4) is 0 Å². The minimum atomic E-state index is -0.386. The van der Waals surface area contributed by atoms with Crippen molar-refractivity contribution in [3.05, 3.63) is 57.6 Å². The Bertz CT molecular complexity index is 870. The third kappa shape index (κ3) is 4.11. The van der Waals surface area contributed by atoms with Crippen LogP contribution < -0.4 is 15.5 Å². The maximum Gasteiger partial charge on any atom is 0.319 e. The minimum absolute atomic E-state index is 0.00640. The molecule has 26 heavy (non-hydrogen) atoms. The molecule has 5 nitrogen and oxygen atoms in total. The summed E-state index contributed by atoms with van der Waals surface area (Å²) < 4.78 is 0. The third-order valence-corrected chi connectivity index (χ3v) is 5.18. The lowest BCUT2D eigenvalue weighted by Crippen LogP contribution is -2.39. The van der Waals surface area contributed by atoms with Gasteiger partial charge in [-0.05, 0) is 55.3 Å². The van der Waals surface area contributed by atoms with E-state index in [0.29, 0.717) is 22.3 Å². The highest BCUT2D eigenvalue weighted by atomic mass is 35.5. The molecule has 1 unspecified atom stereocenters. The number of aryl methyl sites for hydroxylation is 2. The third-order valence-electron chi connectivity index (χ3n) is 4.44. The van der Waals surface area contributed by atoms with Crippen LogP contribution in [0.2, 0.25) is 10.0 Å². The highest BCUT2D eigenvalue weighted by Gasteiger charge is 2.31. The maximum atomic E-state index is 12.3. The fourth-order valence-corrected chi connectivity index (χ4v) is 3.17. The van der Waals surface area contributed by atoms with E-state index in [1.807, 2.05) is 32.0 Å². The highest BCUT2D eigenvalue weighted by molar-refractivity contribution is 6.42. The van der Waals surface area contributed by atoms with Crippen molar-refractivity contribution in [2.24, 2.45) is 0 Å². The minimum Gasteiger partial charge on any atom is -0.333 e. The molecule has 0 spiro atoms. The molecule has 2 aromatic carbocycles. The van der Waals surface area contributed by atoms with Gasteiger partial charge in [0.2, 0.25) is 5.91 Å². The molecule has 3 amide bonds. The number of urea groups is 1. The number of anilines is 2. The molecule has 136 valence electrons. The van der Waals surface area contributed by atoms with Crippen molar-refractivity contribution in [3.8, 4) is 0 Å². The monoisotopic (exact) mass is 391 g/mol. The van der Waals surface area contributed by atoms with Crippen LogP contribution in [-0.4, -0.2) is 24.5 Å². The van der Waals surface area contributed by atoms with E-state index in [-0.39, 0.29) is 24.4 Å². The SMILES string of the molecule is Cc1ccc(N2CC(NC(=O)Nc3ccc(Cl)c(Cl)c3)CC2=O)cc1C. The Hall–Kier alpha value is -2.24. The van der Waals surface area contributed by atoms with Crippen molar-refractivity contribution in [1.82, 2.24) is 5.32 Å². The number of amides is 3. The number of hydrogen-bond donors (Lipinski definition) is 2. The molecule has 1 aliphatic rings. The van der Waals surface area contributed by atoms with E-state index in [0.717, 1.165) is 11.3 Å². The first kappa shape index (κ1) is 18.5. The summed E-state index contributed by atoms with van der Waals surface area (Å²) in [7, 11) is 0. The Morgan fingerprint density at radius 1 is 1.08 bits per heavy atom. The first-order valence-corrected chi connectivity index (χ1v) is 8.99. The Balaban J connectivity index is 1.62. The van der Waals surface area contributed by atoms with Crippen molar-refractivity contribution >= 4 is 46.5 Å². The van der Waals surface area contributed by atoms with E-state index in [9.17, 15) is 9.59 Å². The zero-order valence-corrected chi connectivity index (χ0v) is 16.0. The molecule has 2 aromatic rings. The number of carbonyl (C=O) groups is 2. The van der Waals surface area contributed by atoms with Crippen LogP contribution in [0.25, 0.3) is 0 Å². The second-order valence-electron chi connectivity index (χ2n) is 6.40. The van der Waals surface area contributed by atoms with Crippen LogP contribution in [0.4, 0.5) is 16.2 Å². The Morgan fingerprint density at radius 2 is 1.85 bits per heavy atom. The van der Waals surface area contributed by atoms with Crippen LogP contribution >= 0.6 is 23.2 Å². The number of carbonyl (C=O) groups excluding carboxylic acids is 2. The summed E-state index contributed by atoms with van der Waals surface area (Å²) >= 11 is 11.8.